The molecule has 0 saturated heterocycles. The highest BCUT2D eigenvalue weighted by Gasteiger charge is 2.18. The third-order valence-corrected chi connectivity index (χ3v) is 4.62. The van der Waals surface area contributed by atoms with Gasteiger partial charge in [0.05, 0.1) is 11.1 Å². The number of carbonyl (C=O) groups excluding carboxylic acids is 1. The summed E-state index contributed by atoms with van der Waals surface area (Å²) in [7, 11) is 0. The lowest BCUT2D eigenvalue weighted by atomic mass is 10.2. The van der Waals surface area contributed by atoms with Gasteiger partial charge in [-0.25, -0.2) is 4.98 Å². The molecule has 0 aliphatic carbocycles. The molecule has 0 bridgehead atoms. The summed E-state index contributed by atoms with van der Waals surface area (Å²) in [5.41, 5.74) is 2.00. The Hall–Kier alpha value is -2.21. The number of thioether (sulfide) groups is 1. The van der Waals surface area contributed by atoms with Crippen molar-refractivity contribution in [3.8, 4) is 0 Å². The van der Waals surface area contributed by atoms with Crippen molar-refractivity contribution in [1.29, 1.82) is 0 Å². The fourth-order valence-electron chi connectivity index (χ4n) is 2.32. The first-order valence-electron chi connectivity index (χ1n) is 7.74. The van der Waals surface area contributed by atoms with E-state index in [1.807, 2.05) is 24.3 Å². The highest BCUT2D eigenvalue weighted by molar-refractivity contribution is 7.99. The number of pyridine rings is 1. The van der Waals surface area contributed by atoms with Gasteiger partial charge < -0.3 is 0 Å². The van der Waals surface area contributed by atoms with Gasteiger partial charge in [-0.3, -0.25) is 4.79 Å². The van der Waals surface area contributed by atoms with Crippen LogP contribution in [0.5, 0.6) is 0 Å². The second kappa shape index (κ2) is 7.37. The van der Waals surface area contributed by atoms with Crippen molar-refractivity contribution in [3.63, 3.8) is 0 Å². The Labute approximate surface area is 139 Å². The van der Waals surface area contributed by atoms with E-state index in [0.717, 1.165) is 17.2 Å². The molecule has 0 saturated carbocycles. The maximum atomic E-state index is 12.8. The van der Waals surface area contributed by atoms with Crippen molar-refractivity contribution in [2.24, 2.45) is 0 Å². The lowest BCUT2D eigenvalue weighted by Gasteiger charge is -2.07. The first kappa shape index (κ1) is 15.7. The molecule has 0 atom stereocenters. The number of hydrogen-bond acceptors (Lipinski definition) is 5. The first-order chi connectivity index (χ1) is 11.3. The van der Waals surface area contributed by atoms with Crippen LogP contribution in [-0.4, -0.2) is 31.6 Å². The standard InChI is InChI=1S/C17H18N4OS/c1-2-3-6-12-23-16-13(8-7-11-18-16)17(22)21-15-10-5-4-9-14(15)19-20-21/h4-5,7-11H,2-3,6,12H2,1H3. The minimum Gasteiger partial charge on any atom is -0.267 e. The van der Waals surface area contributed by atoms with E-state index in [-0.39, 0.29) is 5.91 Å². The van der Waals surface area contributed by atoms with E-state index in [0.29, 0.717) is 16.6 Å². The first-order valence-corrected chi connectivity index (χ1v) is 8.72. The van der Waals surface area contributed by atoms with Crippen LogP contribution in [0, 0.1) is 0 Å². The van der Waals surface area contributed by atoms with Crippen LogP contribution in [0.1, 0.15) is 36.5 Å². The molecule has 23 heavy (non-hydrogen) atoms. The summed E-state index contributed by atoms with van der Waals surface area (Å²) >= 11 is 1.62. The Morgan fingerprint density at radius 2 is 2.04 bits per heavy atom. The third-order valence-electron chi connectivity index (χ3n) is 3.53. The molecule has 2 aromatic heterocycles. The molecule has 0 aliphatic rings. The van der Waals surface area contributed by atoms with Gasteiger partial charge in [0.25, 0.3) is 5.91 Å². The van der Waals surface area contributed by atoms with Crippen LogP contribution in [0.2, 0.25) is 0 Å². The predicted molar refractivity (Wildman–Crippen MR) is 91.7 cm³/mol. The number of nitrogens with zero attached hydrogens (tertiary/aromatic N) is 4. The minimum atomic E-state index is -0.190. The summed E-state index contributed by atoms with van der Waals surface area (Å²) in [4.78, 5) is 17.2. The molecule has 0 radical (unpaired) electrons. The second-order valence-electron chi connectivity index (χ2n) is 5.21. The summed E-state index contributed by atoms with van der Waals surface area (Å²) in [5.74, 6) is 0.772. The van der Waals surface area contributed by atoms with Gasteiger partial charge in [0.2, 0.25) is 0 Å². The van der Waals surface area contributed by atoms with Crippen molar-refractivity contribution in [3.05, 3.63) is 48.2 Å². The van der Waals surface area contributed by atoms with E-state index < -0.39 is 0 Å². The van der Waals surface area contributed by atoms with Gasteiger partial charge >= 0.3 is 0 Å². The topological polar surface area (TPSA) is 60.7 Å². The van der Waals surface area contributed by atoms with Gasteiger partial charge in [0.15, 0.2) is 0 Å². The van der Waals surface area contributed by atoms with Gasteiger partial charge in [-0.2, -0.15) is 4.68 Å². The van der Waals surface area contributed by atoms with Gasteiger partial charge in [-0.05, 0) is 36.4 Å². The largest absolute Gasteiger partial charge is 0.282 e. The predicted octanol–water partition coefficient (Wildman–Crippen LogP) is 3.80. The Morgan fingerprint density at radius 3 is 2.91 bits per heavy atom. The monoisotopic (exact) mass is 326 g/mol. The molecule has 5 nitrogen and oxygen atoms in total. The lowest BCUT2D eigenvalue weighted by molar-refractivity contribution is 0.0944. The molecule has 0 amide bonds. The van der Waals surface area contributed by atoms with Crippen molar-refractivity contribution in [2.75, 3.05) is 5.75 Å². The van der Waals surface area contributed by atoms with E-state index in [1.54, 1.807) is 30.1 Å². The zero-order valence-electron chi connectivity index (χ0n) is 13.0. The maximum Gasteiger partial charge on any atom is 0.282 e. The van der Waals surface area contributed by atoms with Crippen molar-refractivity contribution >= 4 is 28.7 Å². The van der Waals surface area contributed by atoms with E-state index in [9.17, 15) is 4.79 Å². The second-order valence-corrected chi connectivity index (χ2v) is 6.29. The molecule has 2 heterocycles. The lowest BCUT2D eigenvalue weighted by Crippen LogP contribution is -2.15. The summed E-state index contributed by atoms with van der Waals surface area (Å²) in [6, 6.07) is 11.0. The minimum absolute atomic E-state index is 0.190. The summed E-state index contributed by atoms with van der Waals surface area (Å²) in [5, 5.41) is 8.81. The number of rotatable bonds is 6. The molecule has 0 aliphatic heterocycles. The maximum absolute atomic E-state index is 12.8. The highest BCUT2D eigenvalue weighted by atomic mass is 32.2. The normalized spacial score (nSPS) is 11.0. The molecule has 3 rings (SSSR count). The molecule has 0 unspecified atom stereocenters. The molecular formula is C17H18N4OS. The number of hydrogen-bond donors (Lipinski definition) is 0. The van der Waals surface area contributed by atoms with Crippen molar-refractivity contribution in [2.45, 2.75) is 31.2 Å². The average molecular weight is 326 g/mol. The molecule has 118 valence electrons. The van der Waals surface area contributed by atoms with Crippen molar-refractivity contribution in [1.82, 2.24) is 20.0 Å². The number of benzene rings is 1. The Morgan fingerprint density at radius 1 is 1.17 bits per heavy atom. The molecule has 0 N–H and O–H groups in total. The molecule has 1 aromatic carbocycles. The van der Waals surface area contributed by atoms with E-state index >= 15 is 0 Å². The molecule has 0 spiro atoms. The van der Waals surface area contributed by atoms with Gasteiger partial charge in [0, 0.05) is 6.20 Å². The van der Waals surface area contributed by atoms with Crippen LogP contribution in [0.3, 0.4) is 0 Å². The SMILES string of the molecule is CCCCCSc1ncccc1C(=O)n1nnc2ccccc21. The Balaban J connectivity index is 1.87. The van der Waals surface area contributed by atoms with Gasteiger partial charge in [-0.1, -0.05) is 37.1 Å². The molecular weight excluding hydrogens is 308 g/mol. The van der Waals surface area contributed by atoms with Crippen molar-refractivity contribution < 1.29 is 4.79 Å². The highest BCUT2D eigenvalue weighted by Crippen LogP contribution is 2.23. The molecule has 3 aromatic rings. The molecule has 0 fully saturated rings. The van der Waals surface area contributed by atoms with Crippen LogP contribution >= 0.6 is 11.8 Å². The fraction of sp³-hybridized carbons (Fsp3) is 0.294. The zero-order valence-corrected chi connectivity index (χ0v) is 13.8. The fourth-order valence-corrected chi connectivity index (χ4v) is 3.31. The van der Waals surface area contributed by atoms with E-state index in [1.165, 1.54) is 17.5 Å². The average Bonchev–Trinajstić information content (AvgIpc) is 3.02. The van der Waals surface area contributed by atoms with Crippen LogP contribution in [0.25, 0.3) is 11.0 Å². The number of unbranched alkanes of at least 4 members (excludes halogenated alkanes) is 2. The van der Waals surface area contributed by atoms with Gasteiger partial charge in [0.1, 0.15) is 10.5 Å². The quantitative estimate of drug-likeness (QED) is 0.509. The molecule has 6 heteroatoms. The van der Waals surface area contributed by atoms with E-state index in [2.05, 4.69) is 22.2 Å². The Bertz CT molecular complexity index is 815. The summed E-state index contributed by atoms with van der Waals surface area (Å²) in [6.07, 6.45) is 5.21. The van der Waals surface area contributed by atoms with Crippen LogP contribution in [0.4, 0.5) is 0 Å². The van der Waals surface area contributed by atoms with Crippen LogP contribution in [-0.2, 0) is 0 Å². The number of aromatic nitrogens is 4. The third kappa shape index (κ3) is 3.42. The number of para-hydroxylation sites is 1. The number of carbonyl (C=O) groups is 1. The zero-order chi connectivity index (χ0) is 16.1. The van der Waals surface area contributed by atoms with Crippen LogP contribution in [0.15, 0.2) is 47.6 Å². The van der Waals surface area contributed by atoms with E-state index in [4.69, 9.17) is 0 Å². The smallest absolute Gasteiger partial charge is 0.267 e. The number of fused-ring (bicyclic) bond motifs is 1. The summed E-state index contributed by atoms with van der Waals surface area (Å²) in [6.45, 7) is 2.18. The summed E-state index contributed by atoms with van der Waals surface area (Å²) < 4.78 is 1.35. The van der Waals surface area contributed by atoms with Crippen LogP contribution < -0.4 is 0 Å². The van der Waals surface area contributed by atoms with Gasteiger partial charge in [-0.15, -0.1) is 16.9 Å². The Kier molecular flexibility index (Phi) is 5.02.